The Morgan fingerprint density at radius 3 is 3.08 bits per heavy atom. The van der Waals surface area contributed by atoms with Crippen molar-refractivity contribution in [2.24, 2.45) is 5.73 Å². The van der Waals surface area contributed by atoms with Crippen LogP contribution in [0.4, 0.5) is 0 Å². The third-order valence-electron chi connectivity index (χ3n) is 2.41. The smallest absolute Gasteiger partial charge is 0.248 e. The maximum absolute atomic E-state index is 11.1. The number of nitrogens with two attached hydrogens (primary N) is 1. The highest BCUT2D eigenvalue weighted by molar-refractivity contribution is 5.94. The molecule has 0 fully saturated rings. The fourth-order valence-corrected chi connectivity index (χ4v) is 1.76. The number of carbonyl (C=O) groups is 1. The van der Waals surface area contributed by atoms with Gasteiger partial charge >= 0.3 is 0 Å². The van der Waals surface area contributed by atoms with E-state index in [9.17, 15) is 4.79 Å². The summed E-state index contributed by atoms with van der Waals surface area (Å²) in [6, 6.07) is 5.71. The van der Waals surface area contributed by atoms with Crippen LogP contribution < -0.4 is 11.1 Å². The van der Waals surface area contributed by atoms with Gasteiger partial charge in [0.15, 0.2) is 0 Å². The summed E-state index contributed by atoms with van der Waals surface area (Å²) < 4.78 is 0. The highest BCUT2D eigenvalue weighted by Crippen LogP contribution is 2.17. The lowest BCUT2D eigenvalue weighted by atomic mass is 9.95. The molecule has 0 saturated heterocycles. The number of rotatable bonds is 1. The number of hydrogen-bond donors (Lipinski definition) is 2. The van der Waals surface area contributed by atoms with Gasteiger partial charge in [0, 0.05) is 12.1 Å². The van der Waals surface area contributed by atoms with Gasteiger partial charge in [0.25, 0.3) is 0 Å². The van der Waals surface area contributed by atoms with Gasteiger partial charge in [-0.15, -0.1) is 0 Å². The summed E-state index contributed by atoms with van der Waals surface area (Å²) in [6.45, 7) is 1.77. The van der Waals surface area contributed by atoms with Crippen LogP contribution in [0.3, 0.4) is 0 Å². The van der Waals surface area contributed by atoms with Gasteiger partial charge in [-0.1, -0.05) is 12.1 Å². The molecule has 3 heteroatoms. The van der Waals surface area contributed by atoms with E-state index in [2.05, 4.69) is 5.32 Å². The van der Waals surface area contributed by atoms with Crippen molar-refractivity contribution in [1.82, 2.24) is 5.32 Å². The van der Waals surface area contributed by atoms with Crippen molar-refractivity contribution < 1.29 is 4.79 Å². The van der Waals surface area contributed by atoms with Crippen LogP contribution in [0.5, 0.6) is 0 Å². The first kappa shape index (κ1) is 8.26. The summed E-state index contributed by atoms with van der Waals surface area (Å²) in [5.41, 5.74) is 8.27. The Kier molecular flexibility index (Phi) is 2.02. The lowest BCUT2D eigenvalue weighted by Gasteiger charge is -2.18. The zero-order valence-electron chi connectivity index (χ0n) is 7.34. The number of amides is 1. The predicted octanol–water partition coefficient (Wildman–Crippen LogP) is 0.431. The molecule has 3 N–H and O–H groups in total. The molecule has 3 nitrogen and oxygen atoms in total. The van der Waals surface area contributed by atoms with Crippen molar-refractivity contribution in [2.75, 3.05) is 6.54 Å². The predicted molar refractivity (Wildman–Crippen MR) is 50.4 cm³/mol. The van der Waals surface area contributed by atoms with Crippen LogP contribution in [0.2, 0.25) is 0 Å². The molecule has 1 amide bonds. The summed E-state index contributed by atoms with van der Waals surface area (Å²) in [7, 11) is 0. The van der Waals surface area contributed by atoms with Gasteiger partial charge < -0.3 is 11.1 Å². The van der Waals surface area contributed by atoms with Crippen LogP contribution >= 0.6 is 0 Å². The Labute approximate surface area is 76.9 Å². The lowest BCUT2D eigenvalue weighted by Crippen LogP contribution is -2.26. The molecule has 0 atom stereocenters. The molecule has 0 radical (unpaired) electrons. The third kappa shape index (κ3) is 1.42. The van der Waals surface area contributed by atoms with E-state index in [1.54, 1.807) is 6.07 Å². The van der Waals surface area contributed by atoms with Gasteiger partial charge in [-0.2, -0.15) is 0 Å². The van der Waals surface area contributed by atoms with Crippen LogP contribution in [0.15, 0.2) is 18.2 Å². The van der Waals surface area contributed by atoms with Crippen LogP contribution in [0.1, 0.15) is 21.5 Å². The zero-order chi connectivity index (χ0) is 9.26. The minimum atomic E-state index is -0.321. The topological polar surface area (TPSA) is 55.1 Å². The van der Waals surface area contributed by atoms with Crippen LogP contribution in [0.25, 0.3) is 0 Å². The Morgan fingerprint density at radius 1 is 1.46 bits per heavy atom. The molecular formula is C10H12N2O. The molecule has 1 heterocycles. The fraction of sp³-hybridized carbons (Fsp3) is 0.300. The molecule has 0 aliphatic carbocycles. The van der Waals surface area contributed by atoms with Crippen molar-refractivity contribution in [3.05, 3.63) is 34.9 Å². The highest BCUT2D eigenvalue weighted by atomic mass is 16.1. The molecule has 0 aromatic heterocycles. The summed E-state index contributed by atoms with van der Waals surface area (Å²) in [5.74, 6) is -0.321. The molecule has 1 aliphatic rings. The standard InChI is InChI=1S/C10H12N2O/c11-10(13)9-3-1-2-7-6-12-5-4-8(7)9/h1-3,12H,4-6H2,(H2,11,13). The van der Waals surface area contributed by atoms with E-state index in [1.165, 1.54) is 5.56 Å². The summed E-state index contributed by atoms with van der Waals surface area (Å²) in [4.78, 5) is 11.1. The quantitative estimate of drug-likeness (QED) is 0.652. The van der Waals surface area contributed by atoms with Gasteiger partial charge in [0.2, 0.25) is 5.91 Å². The van der Waals surface area contributed by atoms with Crippen molar-refractivity contribution in [3.63, 3.8) is 0 Å². The largest absolute Gasteiger partial charge is 0.366 e. The van der Waals surface area contributed by atoms with Gasteiger partial charge in [-0.3, -0.25) is 4.79 Å². The normalized spacial score (nSPS) is 15.1. The maximum atomic E-state index is 11.1. The first-order chi connectivity index (χ1) is 6.29. The summed E-state index contributed by atoms with van der Waals surface area (Å²) >= 11 is 0. The zero-order valence-corrected chi connectivity index (χ0v) is 7.34. The number of benzene rings is 1. The molecule has 2 rings (SSSR count). The van der Waals surface area contributed by atoms with Crippen molar-refractivity contribution >= 4 is 5.91 Å². The number of fused-ring (bicyclic) bond motifs is 1. The molecule has 1 aliphatic heterocycles. The summed E-state index contributed by atoms with van der Waals surface area (Å²) in [5, 5.41) is 3.25. The minimum Gasteiger partial charge on any atom is -0.366 e. The molecule has 68 valence electrons. The van der Waals surface area contributed by atoms with Gasteiger partial charge in [0.05, 0.1) is 0 Å². The fourth-order valence-electron chi connectivity index (χ4n) is 1.76. The highest BCUT2D eigenvalue weighted by Gasteiger charge is 2.14. The molecular weight excluding hydrogens is 164 g/mol. The second-order valence-corrected chi connectivity index (χ2v) is 3.23. The Hall–Kier alpha value is -1.35. The first-order valence-electron chi connectivity index (χ1n) is 4.40. The van der Waals surface area contributed by atoms with E-state index in [-0.39, 0.29) is 5.91 Å². The maximum Gasteiger partial charge on any atom is 0.248 e. The van der Waals surface area contributed by atoms with E-state index in [4.69, 9.17) is 5.73 Å². The Bertz CT molecular complexity index is 347. The van der Waals surface area contributed by atoms with E-state index < -0.39 is 0 Å². The second-order valence-electron chi connectivity index (χ2n) is 3.23. The van der Waals surface area contributed by atoms with Crippen LogP contribution in [-0.2, 0) is 13.0 Å². The van der Waals surface area contributed by atoms with Crippen LogP contribution in [-0.4, -0.2) is 12.5 Å². The SMILES string of the molecule is NC(=O)c1cccc2c1CCNC2. The van der Waals surface area contributed by atoms with Crippen molar-refractivity contribution in [1.29, 1.82) is 0 Å². The van der Waals surface area contributed by atoms with Crippen molar-refractivity contribution in [2.45, 2.75) is 13.0 Å². The molecule has 0 unspecified atom stereocenters. The molecule has 13 heavy (non-hydrogen) atoms. The third-order valence-corrected chi connectivity index (χ3v) is 2.41. The molecule has 0 saturated carbocycles. The molecule has 0 bridgehead atoms. The summed E-state index contributed by atoms with van der Waals surface area (Å²) in [6.07, 6.45) is 0.897. The van der Waals surface area contributed by atoms with Gasteiger partial charge in [-0.05, 0) is 30.2 Å². The lowest BCUT2D eigenvalue weighted by molar-refractivity contribution is 0.0999. The average molecular weight is 176 g/mol. The van der Waals surface area contributed by atoms with E-state index >= 15 is 0 Å². The van der Waals surface area contributed by atoms with E-state index in [0.717, 1.165) is 25.1 Å². The average Bonchev–Trinajstić information content (AvgIpc) is 2.17. The Morgan fingerprint density at radius 2 is 2.31 bits per heavy atom. The van der Waals surface area contributed by atoms with Crippen molar-refractivity contribution in [3.8, 4) is 0 Å². The first-order valence-corrected chi connectivity index (χ1v) is 4.40. The number of carbonyl (C=O) groups excluding carboxylic acids is 1. The monoisotopic (exact) mass is 176 g/mol. The number of primary amides is 1. The van der Waals surface area contributed by atoms with Gasteiger partial charge in [-0.25, -0.2) is 0 Å². The number of hydrogen-bond acceptors (Lipinski definition) is 2. The Balaban J connectivity index is 2.52. The van der Waals surface area contributed by atoms with Gasteiger partial charge in [0.1, 0.15) is 0 Å². The molecule has 1 aromatic carbocycles. The number of nitrogens with one attached hydrogen (secondary N) is 1. The minimum absolute atomic E-state index is 0.321. The second kappa shape index (κ2) is 3.18. The van der Waals surface area contributed by atoms with E-state index in [1.807, 2.05) is 12.1 Å². The molecule has 0 spiro atoms. The van der Waals surface area contributed by atoms with Crippen LogP contribution in [0, 0.1) is 0 Å². The molecule has 1 aromatic rings. The van der Waals surface area contributed by atoms with E-state index in [0.29, 0.717) is 5.56 Å².